The molecule has 0 aliphatic rings. The summed E-state index contributed by atoms with van der Waals surface area (Å²) >= 11 is 0. The molecule has 0 aliphatic heterocycles. The minimum absolute atomic E-state index is 0.0269. The van der Waals surface area contributed by atoms with Crippen molar-refractivity contribution in [3.8, 4) is 5.75 Å². The Kier molecular flexibility index (Phi) is 6.88. The Balaban J connectivity index is 2.33. The molecule has 2 N–H and O–H groups in total. The fourth-order valence-corrected chi connectivity index (χ4v) is 1.56. The number of hydrogen-bond donors (Lipinski definition) is 2. The van der Waals surface area contributed by atoms with E-state index < -0.39 is 11.9 Å². The second-order valence-corrected chi connectivity index (χ2v) is 4.79. The second kappa shape index (κ2) is 8.66. The van der Waals surface area contributed by atoms with Crippen molar-refractivity contribution in [2.24, 2.45) is 0 Å². The van der Waals surface area contributed by atoms with Gasteiger partial charge >= 0.3 is 5.97 Å². The summed E-state index contributed by atoms with van der Waals surface area (Å²) in [6.45, 7) is 2.93. The Labute approximate surface area is 129 Å². The normalized spacial score (nSPS) is 10.0. The molecule has 7 nitrogen and oxygen atoms in total. The zero-order chi connectivity index (χ0) is 16.5. The summed E-state index contributed by atoms with van der Waals surface area (Å²) in [6, 6.07) is 6.42. The van der Waals surface area contributed by atoms with E-state index >= 15 is 0 Å². The van der Waals surface area contributed by atoms with Gasteiger partial charge in [0.15, 0.2) is 6.61 Å². The zero-order valence-electron chi connectivity index (χ0n) is 12.8. The van der Waals surface area contributed by atoms with Gasteiger partial charge in [-0.2, -0.15) is 0 Å². The highest BCUT2D eigenvalue weighted by molar-refractivity contribution is 5.96. The zero-order valence-corrected chi connectivity index (χ0v) is 12.8. The summed E-state index contributed by atoms with van der Waals surface area (Å²) in [5, 5.41) is 5.00. The van der Waals surface area contributed by atoms with Gasteiger partial charge in [-0.15, -0.1) is 0 Å². The van der Waals surface area contributed by atoms with E-state index in [-0.39, 0.29) is 25.1 Å². The minimum Gasteiger partial charge on any atom is -0.497 e. The maximum absolute atomic E-state index is 11.8. The van der Waals surface area contributed by atoms with Crippen molar-refractivity contribution < 1.29 is 23.9 Å². The van der Waals surface area contributed by atoms with Crippen molar-refractivity contribution >= 4 is 17.8 Å². The highest BCUT2D eigenvalue weighted by Crippen LogP contribution is 2.10. The van der Waals surface area contributed by atoms with Crippen LogP contribution in [0.25, 0.3) is 0 Å². The van der Waals surface area contributed by atoms with Crippen molar-refractivity contribution in [3.05, 3.63) is 29.8 Å². The largest absolute Gasteiger partial charge is 0.497 e. The Morgan fingerprint density at radius 2 is 1.77 bits per heavy atom. The van der Waals surface area contributed by atoms with Gasteiger partial charge in [0.1, 0.15) is 12.3 Å². The molecular formula is C15H20N2O5. The van der Waals surface area contributed by atoms with Gasteiger partial charge in [0.25, 0.3) is 11.8 Å². The summed E-state index contributed by atoms with van der Waals surface area (Å²) in [5.74, 6) is -0.844. The first kappa shape index (κ1) is 17.5. The third-order valence-electron chi connectivity index (χ3n) is 2.56. The molecule has 0 aliphatic carbocycles. The molecular weight excluding hydrogens is 288 g/mol. The summed E-state index contributed by atoms with van der Waals surface area (Å²) < 4.78 is 9.73. The Morgan fingerprint density at radius 3 is 2.32 bits per heavy atom. The molecule has 7 heteroatoms. The fraction of sp³-hybridized carbons (Fsp3) is 0.400. The number of amides is 2. The molecule has 0 saturated carbocycles. The molecule has 120 valence electrons. The SMILES string of the molecule is COc1ccc(C(=O)NCC(=O)OCC(=O)NC(C)C)cc1. The van der Waals surface area contributed by atoms with Crippen LogP contribution in [0.4, 0.5) is 0 Å². The molecule has 0 aromatic heterocycles. The lowest BCUT2D eigenvalue weighted by Gasteiger charge is -2.09. The van der Waals surface area contributed by atoms with Gasteiger partial charge in [-0.3, -0.25) is 14.4 Å². The molecule has 0 unspecified atom stereocenters. The molecule has 0 heterocycles. The molecule has 22 heavy (non-hydrogen) atoms. The van der Waals surface area contributed by atoms with Gasteiger partial charge in [-0.1, -0.05) is 0 Å². The lowest BCUT2D eigenvalue weighted by Crippen LogP contribution is -2.36. The number of rotatable bonds is 7. The van der Waals surface area contributed by atoms with Gasteiger partial charge in [0.05, 0.1) is 7.11 Å². The number of methoxy groups -OCH3 is 1. The summed E-state index contributed by atoms with van der Waals surface area (Å²) in [6.07, 6.45) is 0. The van der Waals surface area contributed by atoms with E-state index in [9.17, 15) is 14.4 Å². The number of hydrogen-bond acceptors (Lipinski definition) is 5. The van der Waals surface area contributed by atoms with E-state index in [1.54, 1.807) is 38.1 Å². The summed E-state index contributed by atoms with van der Waals surface area (Å²) in [5.41, 5.74) is 0.395. The van der Waals surface area contributed by atoms with Crippen LogP contribution in [-0.4, -0.2) is 44.1 Å². The average Bonchev–Trinajstić information content (AvgIpc) is 2.50. The van der Waals surface area contributed by atoms with Gasteiger partial charge < -0.3 is 20.1 Å². The van der Waals surface area contributed by atoms with E-state index in [1.807, 2.05) is 0 Å². The Morgan fingerprint density at radius 1 is 1.14 bits per heavy atom. The average molecular weight is 308 g/mol. The highest BCUT2D eigenvalue weighted by atomic mass is 16.5. The van der Waals surface area contributed by atoms with Crippen LogP contribution in [-0.2, 0) is 14.3 Å². The van der Waals surface area contributed by atoms with E-state index in [0.29, 0.717) is 11.3 Å². The third-order valence-corrected chi connectivity index (χ3v) is 2.56. The molecule has 0 fully saturated rings. The standard InChI is InChI=1S/C15H20N2O5/c1-10(2)17-13(18)9-22-14(19)8-16-15(20)11-4-6-12(21-3)7-5-11/h4-7,10H,8-9H2,1-3H3,(H,16,20)(H,17,18). The molecule has 0 radical (unpaired) electrons. The van der Waals surface area contributed by atoms with Gasteiger partial charge in [-0.25, -0.2) is 0 Å². The van der Waals surface area contributed by atoms with Crippen molar-refractivity contribution in [1.29, 1.82) is 0 Å². The van der Waals surface area contributed by atoms with Crippen LogP contribution in [0.3, 0.4) is 0 Å². The van der Waals surface area contributed by atoms with E-state index in [0.717, 1.165) is 0 Å². The van der Waals surface area contributed by atoms with Crippen LogP contribution >= 0.6 is 0 Å². The van der Waals surface area contributed by atoms with Crippen LogP contribution in [0.5, 0.6) is 5.75 Å². The van der Waals surface area contributed by atoms with Crippen LogP contribution in [0.1, 0.15) is 24.2 Å². The van der Waals surface area contributed by atoms with Gasteiger partial charge in [-0.05, 0) is 38.1 Å². The minimum atomic E-state index is -0.680. The summed E-state index contributed by atoms with van der Waals surface area (Å²) in [7, 11) is 1.53. The lowest BCUT2D eigenvalue weighted by molar-refractivity contribution is -0.147. The molecule has 0 saturated heterocycles. The number of carbonyl (C=O) groups excluding carboxylic acids is 3. The van der Waals surface area contributed by atoms with Crippen molar-refractivity contribution in [3.63, 3.8) is 0 Å². The van der Waals surface area contributed by atoms with Crippen LogP contribution in [0.2, 0.25) is 0 Å². The van der Waals surface area contributed by atoms with Gasteiger partial charge in [0, 0.05) is 11.6 Å². The van der Waals surface area contributed by atoms with Crippen molar-refractivity contribution in [1.82, 2.24) is 10.6 Å². The maximum Gasteiger partial charge on any atom is 0.325 e. The molecule has 1 aromatic rings. The highest BCUT2D eigenvalue weighted by Gasteiger charge is 2.11. The Bertz CT molecular complexity index is 525. The number of carbonyl (C=O) groups is 3. The van der Waals surface area contributed by atoms with Crippen LogP contribution in [0, 0.1) is 0 Å². The lowest BCUT2D eigenvalue weighted by atomic mass is 10.2. The molecule has 0 atom stereocenters. The summed E-state index contributed by atoms with van der Waals surface area (Å²) in [4.78, 5) is 34.5. The number of ether oxygens (including phenoxy) is 2. The first-order valence-electron chi connectivity index (χ1n) is 6.79. The molecule has 0 bridgehead atoms. The predicted octanol–water partition coefficient (Wildman–Crippen LogP) is 0.493. The second-order valence-electron chi connectivity index (χ2n) is 4.79. The monoisotopic (exact) mass is 308 g/mol. The maximum atomic E-state index is 11.8. The first-order valence-corrected chi connectivity index (χ1v) is 6.79. The number of nitrogens with one attached hydrogen (secondary N) is 2. The molecule has 2 amide bonds. The third kappa shape index (κ3) is 6.25. The van der Waals surface area contributed by atoms with Crippen molar-refractivity contribution in [2.75, 3.05) is 20.3 Å². The first-order chi connectivity index (χ1) is 10.4. The molecule has 0 spiro atoms. The number of benzene rings is 1. The fourth-order valence-electron chi connectivity index (χ4n) is 1.56. The van der Waals surface area contributed by atoms with E-state index in [1.165, 1.54) is 7.11 Å². The topological polar surface area (TPSA) is 93.7 Å². The number of esters is 1. The van der Waals surface area contributed by atoms with Crippen LogP contribution < -0.4 is 15.4 Å². The van der Waals surface area contributed by atoms with E-state index in [2.05, 4.69) is 10.6 Å². The molecule has 1 aromatic carbocycles. The van der Waals surface area contributed by atoms with E-state index in [4.69, 9.17) is 9.47 Å². The smallest absolute Gasteiger partial charge is 0.325 e. The Hall–Kier alpha value is -2.57. The van der Waals surface area contributed by atoms with Crippen LogP contribution in [0.15, 0.2) is 24.3 Å². The quantitative estimate of drug-likeness (QED) is 0.715. The predicted molar refractivity (Wildman–Crippen MR) is 79.6 cm³/mol. The molecule has 1 rings (SSSR count). The van der Waals surface area contributed by atoms with Gasteiger partial charge in [0.2, 0.25) is 0 Å². The van der Waals surface area contributed by atoms with Crippen molar-refractivity contribution in [2.45, 2.75) is 19.9 Å².